The zero-order valence-corrected chi connectivity index (χ0v) is 9.27. The Morgan fingerprint density at radius 3 is 2.73 bits per heavy atom. The molecule has 1 aromatic rings. The van der Waals surface area contributed by atoms with Gasteiger partial charge >= 0.3 is 0 Å². The van der Waals surface area contributed by atoms with E-state index in [-0.39, 0.29) is 0 Å². The van der Waals surface area contributed by atoms with E-state index in [0.29, 0.717) is 0 Å². The Morgan fingerprint density at radius 1 is 1.40 bits per heavy atom. The number of hydrogen-bond donors (Lipinski definition) is 0. The maximum absolute atomic E-state index is 8.81. The van der Waals surface area contributed by atoms with Crippen LogP contribution < -0.4 is 4.90 Å². The van der Waals surface area contributed by atoms with Gasteiger partial charge in [-0.15, -0.1) is 0 Å². The van der Waals surface area contributed by atoms with Gasteiger partial charge in [0.25, 0.3) is 0 Å². The van der Waals surface area contributed by atoms with Crippen molar-refractivity contribution in [1.82, 2.24) is 0 Å². The van der Waals surface area contributed by atoms with Gasteiger partial charge in [0.1, 0.15) is 0 Å². The quantitative estimate of drug-likeness (QED) is 0.733. The minimum Gasteiger partial charge on any atom is -0.371 e. The molecular formula is C13H16N2. The molecule has 0 spiro atoms. The second-order valence-corrected chi connectivity index (χ2v) is 4.57. The minimum absolute atomic E-state index is 0.750. The fourth-order valence-electron chi connectivity index (χ4n) is 1.92. The molecule has 0 N–H and O–H groups in total. The van der Waals surface area contributed by atoms with Crippen LogP contribution in [0.1, 0.15) is 19.4 Å². The van der Waals surface area contributed by atoms with Crippen LogP contribution in [0.15, 0.2) is 24.3 Å². The highest BCUT2D eigenvalue weighted by Gasteiger charge is 2.28. The molecule has 1 aromatic carbocycles. The Balaban J connectivity index is 2.04. The summed E-state index contributed by atoms with van der Waals surface area (Å²) in [5.74, 6) is 1.58. The largest absolute Gasteiger partial charge is 0.371 e. The fraction of sp³-hybridized carbons (Fsp3) is 0.462. The van der Waals surface area contributed by atoms with Crippen LogP contribution in [0.4, 0.5) is 5.69 Å². The van der Waals surface area contributed by atoms with Crippen molar-refractivity contribution in [2.24, 2.45) is 11.8 Å². The van der Waals surface area contributed by atoms with Crippen molar-refractivity contribution in [1.29, 1.82) is 5.26 Å². The summed E-state index contributed by atoms with van der Waals surface area (Å²) in [6, 6.07) is 10.0. The molecule has 0 unspecified atom stereocenters. The van der Waals surface area contributed by atoms with Crippen LogP contribution in [-0.4, -0.2) is 13.1 Å². The molecule has 1 heterocycles. The van der Waals surface area contributed by atoms with E-state index in [9.17, 15) is 0 Å². The van der Waals surface area contributed by atoms with Crippen LogP contribution in [0, 0.1) is 23.2 Å². The predicted octanol–water partition coefficient (Wildman–Crippen LogP) is 2.65. The maximum atomic E-state index is 8.81. The van der Waals surface area contributed by atoms with Crippen molar-refractivity contribution in [3.63, 3.8) is 0 Å². The van der Waals surface area contributed by atoms with Crippen molar-refractivity contribution in [3.05, 3.63) is 29.8 Å². The van der Waals surface area contributed by atoms with Crippen LogP contribution >= 0.6 is 0 Å². The monoisotopic (exact) mass is 200 g/mol. The maximum Gasteiger partial charge on any atom is 0.0992 e. The van der Waals surface area contributed by atoms with Gasteiger partial charge in [0, 0.05) is 18.8 Å². The lowest BCUT2D eigenvalue weighted by Gasteiger charge is -2.43. The summed E-state index contributed by atoms with van der Waals surface area (Å²) in [4.78, 5) is 2.34. The molecule has 1 fully saturated rings. The van der Waals surface area contributed by atoms with Crippen molar-refractivity contribution in [2.45, 2.75) is 13.8 Å². The summed E-state index contributed by atoms with van der Waals surface area (Å²) in [6.45, 7) is 6.81. The molecule has 2 heteroatoms. The van der Waals surface area contributed by atoms with Gasteiger partial charge in [-0.05, 0) is 30.0 Å². The molecule has 1 aliphatic heterocycles. The molecule has 0 atom stereocenters. The minimum atomic E-state index is 0.750. The second kappa shape index (κ2) is 3.94. The van der Waals surface area contributed by atoms with E-state index in [1.54, 1.807) is 0 Å². The molecule has 0 radical (unpaired) electrons. The third kappa shape index (κ3) is 1.97. The topological polar surface area (TPSA) is 27.0 Å². The Morgan fingerprint density at radius 2 is 2.13 bits per heavy atom. The van der Waals surface area contributed by atoms with Gasteiger partial charge in [-0.3, -0.25) is 0 Å². The van der Waals surface area contributed by atoms with Crippen molar-refractivity contribution >= 4 is 5.69 Å². The second-order valence-electron chi connectivity index (χ2n) is 4.57. The van der Waals surface area contributed by atoms with Crippen LogP contribution in [0.3, 0.4) is 0 Å². The Kier molecular flexibility index (Phi) is 2.64. The number of nitrogens with zero attached hydrogens (tertiary/aromatic N) is 2. The van der Waals surface area contributed by atoms with Crippen molar-refractivity contribution in [2.75, 3.05) is 18.0 Å². The molecule has 2 rings (SSSR count). The summed E-state index contributed by atoms with van der Waals surface area (Å²) >= 11 is 0. The molecular weight excluding hydrogens is 184 g/mol. The normalized spacial score (nSPS) is 16.3. The number of hydrogen-bond acceptors (Lipinski definition) is 2. The third-order valence-corrected chi connectivity index (χ3v) is 3.19. The van der Waals surface area contributed by atoms with Gasteiger partial charge in [0.15, 0.2) is 0 Å². The zero-order chi connectivity index (χ0) is 10.8. The Bertz CT molecular complexity index is 384. The molecule has 15 heavy (non-hydrogen) atoms. The summed E-state index contributed by atoms with van der Waals surface area (Å²) in [5.41, 5.74) is 1.94. The van der Waals surface area contributed by atoms with E-state index < -0.39 is 0 Å². The number of nitriles is 1. The molecule has 1 saturated heterocycles. The number of rotatable bonds is 2. The molecule has 0 aliphatic carbocycles. The molecule has 2 nitrogen and oxygen atoms in total. The highest BCUT2D eigenvalue weighted by molar-refractivity contribution is 5.53. The van der Waals surface area contributed by atoms with Crippen LogP contribution in [0.5, 0.6) is 0 Å². The lowest BCUT2D eigenvalue weighted by molar-refractivity contribution is 0.310. The number of anilines is 1. The van der Waals surface area contributed by atoms with Gasteiger partial charge in [-0.1, -0.05) is 19.9 Å². The van der Waals surface area contributed by atoms with Crippen LogP contribution in [0.25, 0.3) is 0 Å². The molecule has 0 aromatic heterocycles. The predicted molar refractivity (Wildman–Crippen MR) is 61.7 cm³/mol. The van der Waals surface area contributed by atoms with E-state index in [4.69, 9.17) is 5.26 Å². The highest BCUT2D eigenvalue weighted by Crippen LogP contribution is 2.29. The molecule has 0 bridgehead atoms. The van der Waals surface area contributed by atoms with Gasteiger partial charge in [0.2, 0.25) is 0 Å². The fourth-order valence-corrected chi connectivity index (χ4v) is 1.92. The Labute approximate surface area is 91.1 Å². The van der Waals surface area contributed by atoms with Gasteiger partial charge in [-0.2, -0.15) is 5.26 Å². The number of benzene rings is 1. The third-order valence-electron chi connectivity index (χ3n) is 3.19. The summed E-state index contributed by atoms with van der Waals surface area (Å²) in [5, 5.41) is 8.81. The average molecular weight is 200 g/mol. The molecule has 78 valence electrons. The van der Waals surface area contributed by atoms with Gasteiger partial charge < -0.3 is 4.90 Å². The van der Waals surface area contributed by atoms with E-state index in [2.05, 4.69) is 30.9 Å². The first-order chi connectivity index (χ1) is 7.20. The van der Waals surface area contributed by atoms with Gasteiger partial charge in [-0.25, -0.2) is 0 Å². The summed E-state index contributed by atoms with van der Waals surface area (Å²) in [6.07, 6.45) is 0. The lowest BCUT2D eigenvalue weighted by Crippen LogP contribution is -2.49. The molecule has 0 saturated carbocycles. The average Bonchev–Trinajstić information content (AvgIpc) is 2.15. The first-order valence-electron chi connectivity index (χ1n) is 5.46. The van der Waals surface area contributed by atoms with E-state index in [1.165, 1.54) is 5.69 Å². The van der Waals surface area contributed by atoms with E-state index in [1.807, 2.05) is 18.2 Å². The lowest BCUT2D eigenvalue weighted by atomic mass is 9.88. The first kappa shape index (κ1) is 10.0. The first-order valence-corrected chi connectivity index (χ1v) is 5.46. The van der Waals surface area contributed by atoms with E-state index >= 15 is 0 Å². The zero-order valence-electron chi connectivity index (χ0n) is 9.27. The highest BCUT2D eigenvalue weighted by atomic mass is 15.2. The van der Waals surface area contributed by atoms with Gasteiger partial charge in [0.05, 0.1) is 11.6 Å². The molecule has 0 amide bonds. The summed E-state index contributed by atoms with van der Waals surface area (Å²) < 4.78 is 0. The molecule has 1 aliphatic rings. The Hall–Kier alpha value is -1.49. The van der Waals surface area contributed by atoms with Crippen molar-refractivity contribution < 1.29 is 0 Å². The van der Waals surface area contributed by atoms with Crippen molar-refractivity contribution in [3.8, 4) is 6.07 Å². The van der Waals surface area contributed by atoms with E-state index in [0.717, 1.165) is 30.5 Å². The summed E-state index contributed by atoms with van der Waals surface area (Å²) in [7, 11) is 0. The SMILES string of the molecule is CC(C)C1CN(c2cccc(C#N)c2)C1. The smallest absolute Gasteiger partial charge is 0.0992 e. The van der Waals surface area contributed by atoms with Crippen LogP contribution in [0.2, 0.25) is 0 Å². The standard InChI is InChI=1S/C13H16N2/c1-10(2)12-8-15(9-12)13-5-3-4-11(6-13)7-14/h3-6,10,12H,8-9H2,1-2H3. The van der Waals surface area contributed by atoms with Crippen LogP contribution in [-0.2, 0) is 0 Å².